The number of aliphatic carboxylic acids is 1. The molecule has 322 valence electrons. The first-order valence-electron chi connectivity index (χ1n) is 20.2. The number of ketones is 2. The van der Waals surface area contributed by atoms with Crippen LogP contribution in [0.3, 0.4) is 0 Å². The zero-order valence-corrected chi connectivity index (χ0v) is 35.8. The smallest absolute Gasteiger partial charge is 0.328 e. The Morgan fingerprint density at radius 1 is 1.07 bits per heavy atom. The van der Waals surface area contributed by atoms with Crippen molar-refractivity contribution in [3.63, 3.8) is 0 Å². The van der Waals surface area contributed by atoms with Gasteiger partial charge in [-0.05, 0) is 57.6 Å². The van der Waals surface area contributed by atoms with Crippen molar-refractivity contribution in [2.24, 2.45) is 41.4 Å². The minimum atomic E-state index is -1.93. The van der Waals surface area contributed by atoms with Crippen LogP contribution in [-0.4, -0.2) is 106 Å². The van der Waals surface area contributed by atoms with E-state index in [1.54, 1.807) is 32.1 Å². The molecule has 0 bridgehead atoms. The summed E-state index contributed by atoms with van der Waals surface area (Å²) in [7, 11) is 2.94. The highest BCUT2D eigenvalue weighted by Gasteiger charge is 2.51. The summed E-state index contributed by atoms with van der Waals surface area (Å²) >= 11 is 0. The molecule has 1 aliphatic heterocycles. The van der Waals surface area contributed by atoms with Crippen molar-refractivity contribution in [3.05, 3.63) is 71.6 Å². The van der Waals surface area contributed by atoms with Gasteiger partial charge >= 0.3 is 5.97 Å². The second-order valence-electron chi connectivity index (χ2n) is 16.2. The molecule has 14 unspecified atom stereocenters. The van der Waals surface area contributed by atoms with Gasteiger partial charge in [-0.25, -0.2) is 4.79 Å². The molecule has 1 heterocycles. The maximum atomic E-state index is 14.1. The molecule has 0 amide bonds. The van der Waals surface area contributed by atoms with Crippen LogP contribution in [0.4, 0.5) is 0 Å². The van der Waals surface area contributed by atoms with Gasteiger partial charge in [0, 0.05) is 55.6 Å². The lowest BCUT2D eigenvalue weighted by atomic mass is 9.73. The summed E-state index contributed by atoms with van der Waals surface area (Å²) in [5.41, 5.74) is 1.70. The Bertz CT molecular complexity index is 1510. The number of carbonyl (C=O) groups is 3. The van der Waals surface area contributed by atoms with Crippen LogP contribution in [0, 0.1) is 41.4 Å². The first-order chi connectivity index (χ1) is 26.7. The summed E-state index contributed by atoms with van der Waals surface area (Å²) in [4.78, 5) is 37.3. The number of carbonyl (C=O) groups excluding carboxylic acids is 2. The summed E-state index contributed by atoms with van der Waals surface area (Å²) < 4.78 is 23.8. The number of hydrogen-bond donors (Lipinski definition) is 5. The molecular formula is C45H70O12. The van der Waals surface area contributed by atoms with Crippen LogP contribution >= 0.6 is 0 Å². The number of carboxylic acids is 1. The van der Waals surface area contributed by atoms with Gasteiger partial charge in [-0.1, -0.05) is 89.1 Å². The molecule has 2 aliphatic rings. The molecule has 0 saturated carbocycles. The quantitative estimate of drug-likeness (QED) is 0.110. The number of aliphatic hydroxyl groups excluding tert-OH is 3. The maximum absolute atomic E-state index is 14.1. The highest BCUT2D eigenvalue weighted by Crippen LogP contribution is 2.42. The van der Waals surface area contributed by atoms with E-state index >= 15 is 0 Å². The molecule has 2 rings (SSSR count). The lowest BCUT2D eigenvalue weighted by Gasteiger charge is -2.49. The van der Waals surface area contributed by atoms with Crippen molar-refractivity contribution in [2.45, 2.75) is 130 Å². The van der Waals surface area contributed by atoms with Gasteiger partial charge < -0.3 is 44.5 Å². The Morgan fingerprint density at radius 2 is 1.74 bits per heavy atom. The molecule has 1 aliphatic carbocycles. The minimum Gasteiger partial charge on any atom is -0.493 e. The first kappa shape index (κ1) is 49.9. The van der Waals surface area contributed by atoms with E-state index < -0.39 is 78.5 Å². The van der Waals surface area contributed by atoms with E-state index in [1.165, 1.54) is 14.2 Å². The average Bonchev–Trinajstić information content (AvgIpc) is 3.16. The zero-order chi connectivity index (χ0) is 43.2. The normalized spacial score (nSPS) is 34.4. The van der Waals surface area contributed by atoms with Crippen LogP contribution in [0.15, 0.2) is 71.6 Å². The summed E-state index contributed by atoms with van der Waals surface area (Å²) in [6, 6.07) is 0. The summed E-state index contributed by atoms with van der Waals surface area (Å²) in [5, 5.41) is 55.8. The highest BCUT2D eigenvalue weighted by atomic mass is 16.6. The molecule has 0 aromatic heterocycles. The number of methoxy groups -OCH3 is 2. The average molecular weight is 803 g/mol. The molecular weight excluding hydrogens is 732 g/mol. The largest absolute Gasteiger partial charge is 0.493 e. The molecule has 0 aromatic carbocycles. The maximum Gasteiger partial charge on any atom is 0.328 e. The summed E-state index contributed by atoms with van der Waals surface area (Å²) in [5.74, 6) is -7.31. The van der Waals surface area contributed by atoms with Gasteiger partial charge in [0.2, 0.25) is 0 Å². The number of hydrogen-bond acceptors (Lipinski definition) is 11. The van der Waals surface area contributed by atoms with E-state index in [-0.39, 0.29) is 48.1 Å². The fourth-order valence-corrected chi connectivity index (χ4v) is 8.22. The van der Waals surface area contributed by atoms with Crippen molar-refractivity contribution < 1.29 is 58.9 Å². The second-order valence-corrected chi connectivity index (χ2v) is 16.2. The second kappa shape index (κ2) is 23.4. The lowest BCUT2D eigenvalue weighted by Crippen LogP contribution is -2.58. The van der Waals surface area contributed by atoms with E-state index in [2.05, 4.69) is 0 Å². The standard InChI is InChI=1S/C45H70O12/c1-12-15-37-31(8)40(56-25-33(46)18-19-41(48)49)24-45(53,57-37)32(9)44(52)30(7)35-23-36(47)39(55-11)22-27(4)21-29(6)43(51)34(13-2)42(50)28(5)20-26(3)16-14-17-38(35)54-10/h12,14-19,21-22,28-32,34-35,37-38,40,42-44,50-53H,13,20,23-25H2,1-11H3,(H,48,49). The van der Waals surface area contributed by atoms with Crippen molar-refractivity contribution in [2.75, 3.05) is 20.8 Å². The van der Waals surface area contributed by atoms with Crippen molar-refractivity contribution >= 4 is 17.5 Å². The van der Waals surface area contributed by atoms with Gasteiger partial charge in [-0.15, -0.1) is 0 Å². The SMILES string of the molecule is CC=CC1OC(O)(C(C)C(O)C(C)C2CC(=O)C(OC)=CC(C)=CC(C)C(O)C(CC)C(O)C(C)CC(C)=CC=CC2OC)CC(OCC(=O)C=CC(=O)O)C1C. The third kappa shape index (κ3) is 14.2. The molecule has 1 saturated heterocycles. The monoisotopic (exact) mass is 802 g/mol. The van der Waals surface area contributed by atoms with Crippen molar-refractivity contribution in [1.29, 1.82) is 0 Å². The molecule has 1 fully saturated rings. The van der Waals surface area contributed by atoms with Gasteiger partial charge in [0.05, 0.1) is 43.7 Å². The van der Waals surface area contributed by atoms with Crippen molar-refractivity contribution in [1.82, 2.24) is 0 Å². The van der Waals surface area contributed by atoms with E-state index in [0.717, 1.165) is 17.7 Å². The summed E-state index contributed by atoms with van der Waals surface area (Å²) in [6.45, 7) is 16.3. The van der Waals surface area contributed by atoms with Crippen LogP contribution in [0.1, 0.15) is 88.0 Å². The van der Waals surface area contributed by atoms with E-state index in [0.29, 0.717) is 18.4 Å². The number of Topliss-reactive ketones (excluding diaryl/α,β-unsaturated/α-hetero) is 1. The van der Waals surface area contributed by atoms with Crippen LogP contribution in [0.2, 0.25) is 0 Å². The number of rotatable bonds is 13. The third-order valence-corrected chi connectivity index (χ3v) is 11.9. The minimum absolute atomic E-state index is 0.0853. The predicted molar refractivity (Wildman–Crippen MR) is 219 cm³/mol. The molecule has 5 N–H and O–H groups in total. The zero-order valence-electron chi connectivity index (χ0n) is 35.8. The Labute approximate surface area is 340 Å². The van der Waals surface area contributed by atoms with Crippen LogP contribution in [0.5, 0.6) is 0 Å². The van der Waals surface area contributed by atoms with Gasteiger partial charge in [0.1, 0.15) is 6.61 Å². The van der Waals surface area contributed by atoms with E-state index in [4.69, 9.17) is 24.1 Å². The highest BCUT2D eigenvalue weighted by molar-refractivity contribution is 5.96. The molecule has 0 spiro atoms. The predicted octanol–water partition coefficient (Wildman–Crippen LogP) is 5.90. The van der Waals surface area contributed by atoms with Crippen LogP contribution < -0.4 is 0 Å². The van der Waals surface area contributed by atoms with E-state index in [9.17, 15) is 34.8 Å². The fourth-order valence-electron chi connectivity index (χ4n) is 8.22. The number of ether oxygens (including phenoxy) is 4. The lowest BCUT2D eigenvalue weighted by molar-refractivity contribution is -0.316. The van der Waals surface area contributed by atoms with Crippen LogP contribution in [0.25, 0.3) is 0 Å². The molecule has 14 atom stereocenters. The Balaban J connectivity index is 2.58. The molecule has 12 nitrogen and oxygen atoms in total. The molecule has 12 heteroatoms. The van der Waals surface area contributed by atoms with E-state index in [1.807, 2.05) is 72.8 Å². The van der Waals surface area contributed by atoms with Gasteiger partial charge in [0.15, 0.2) is 23.1 Å². The topological polar surface area (TPSA) is 189 Å². The van der Waals surface area contributed by atoms with Gasteiger partial charge in [-0.2, -0.15) is 0 Å². The molecule has 0 radical (unpaired) electrons. The summed E-state index contributed by atoms with van der Waals surface area (Å²) in [6.07, 6.45) is 10.5. The number of carboxylic acid groups (broad SMARTS) is 1. The Hall–Kier alpha value is -3.23. The van der Waals surface area contributed by atoms with Crippen LogP contribution in [-0.2, 0) is 33.3 Å². The fraction of sp³-hybridized carbons (Fsp3) is 0.667. The Kier molecular flexibility index (Phi) is 20.5. The third-order valence-electron chi connectivity index (χ3n) is 11.9. The number of aliphatic hydroxyl groups is 4. The number of allylic oxidation sites excluding steroid dienone is 7. The van der Waals surface area contributed by atoms with Gasteiger partial charge in [0.25, 0.3) is 0 Å². The first-order valence-corrected chi connectivity index (χ1v) is 20.2. The Morgan fingerprint density at radius 3 is 2.32 bits per heavy atom. The molecule has 0 aromatic rings. The van der Waals surface area contributed by atoms with Gasteiger partial charge in [-0.3, -0.25) is 9.59 Å². The molecule has 57 heavy (non-hydrogen) atoms. The van der Waals surface area contributed by atoms with Crippen molar-refractivity contribution in [3.8, 4) is 0 Å².